The van der Waals surface area contributed by atoms with Crippen molar-refractivity contribution in [1.29, 1.82) is 0 Å². The molecule has 2 N–H and O–H groups in total. The fraction of sp³-hybridized carbons (Fsp3) is 0.458. The van der Waals surface area contributed by atoms with Gasteiger partial charge in [0, 0.05) is 30.9 Å². The van der Waals surface area contributed by atoms with E-state index in [1.54, 1.807) is 27.0 Å². The molecule has 1 aliphatic carbocycles. The van der Waals surface area contributed by atoms with Crippen LogP contribution in [0.15, 0.2) is 36.5 Å². The number of aliphatic carboxylic acids is 1. The molecule has 1 saturated heterocycles. The van der Waals surface area contributed by atoms with Crippen molar-refractivity contribution in [2.75, 3.05) is 19.6 Å². The molecule has 1 aromatic carbocycles. The normalized spacial score (nSPS) is 23.8. The van der Waals surface area contributed by atoms with Gasteiger partial charge in [0.15, 0.2) is 5.54 Å². The molecule has 1 fully saturated rings. The minimum absolute atomic E-state index is 0.0564. The number of amides is 1. The van der Waals surface area contributed by atoms with Gasteiger partial charge >= 0.3 is 12.1 Å². The quantitative estimate of drug-likeness (QED) is 0.705. The van der Waals surface area contributed by atoms with Crippen molar-refractivity contribution in [2.45, 2.75) is 45.2 Å². The minimum Gasteiger partial charge on any atom is -0.479 e. The van der Waals surface area contributed by atoms with Crippen LogP contribution in [0.3, 0.4) is 0 Å². The number of aryl methyl sites for hydroxylation is 2. The van der Waals surface area contributed by atoms with Crippen LogP contribution in [0.4, 0.5) is 4.79 Å². The van der Waals surface area contributed by atoms with E-state index in [0.717, 1.165) is 40.1 Å². The Morgan fingerprint density at radius 3 is 2.50 bits per heavy atom. The number of rotatable bonds is 2. The van der Waals surface area contributed by atoms with Crippen LogP contribution in [-0.2, 0) is 17.6 Å². The van der Waals surface area contributed by atoms with Gasteiger partial charge in [0.1, 0.15) is 0 Å². The van der Waals surface area contributed by atoms with Gasteiger partial charge in [0.05, 0.1) is 11.7 Å². The molecule has 2 heterocycles. The number of benzene rings is 1. The zero-order valence-corrected chi connectivity index (χ0v) is 19.3. The highest BCUT2D eigenvalue weighted by Gasteiger charge is 2.59. The van der Waals surface area contributed by atoms with E-state index in [9.17, 15) is 19.8 Å². The van der Waals surface area contributed by atoms with E-state index in [4.69, 9.17) is 16.6 Å². The summed E-state index contributed by atoms with van der Waals surface area (Å²) in [7, 11) is 0. The number of nitrogens with zero attached hydrogens (tertiary/aromatic N) is 3. The van der Waals surface area contributed by atoms with Gasteiger partial charge in [-0.15, -0.1) is 0 Å². The van der Waals surface area contributed by atoms with Crippen LogP contribution in [0.5, 0.6) is 0 Å². The SMILES string of the molecule is CC(C)(C)[C@]1(C(=O)O)CN([C@H]2c3ccc(Cl)cc3CCc3cccnc32)CCN1C(=O)O. The third-order valence-electron chi connectivity index (χ3n) is 6.94. The highest BCUT2D eigenvalue weighted by atomic mass is 35.5. The van der Waals surface area contributed by atoms with Gasteiger partial charge < -0.3 is 10.2 Å². The van der Waals surface area contributed by atoms with Crippen molar-refractivity contribution in [3.63, 3.8) is 0 Å². The van der Waals surface area contributed by atoms with Crippen molar-refractivity contribution in [2.24, 2.45) is 5.41 Å². The summed E-state index contributed by atoms with van der Waals surface area (Å²) in [5.41, 5.74) is 1.72. The third kappa shape index (κ3) is 3.53. The second-order valence-electron chi connectivity index (χ2n) is 9.61. The number of fused-ring (bicyclic) bond motifs is 2. The molecule has 2 atom stereocenters. The zero-order valence-electron chi connectivity index (χ0n) is 18.5. The van der Waals surface area contributed by atoms with Gasteiger partial charge in [0.25, 0.3) is 0 Å². The number of hydrogen-bond donors (Lipinski definition) is 2. The summed E-state index contributed by atoms with van der Waals surface area (Å²) < 4.78 is 0. The van der Waals surface area contributed by atoms with Crippen LogP contribution in [0, 0.1) is 5.41 Å². The Morgan fingerprint density at radius 1 is 1.12 bits per heavy atom. The van der Waals surface area contributed by atoms with E-state index in [2.05, 4.69) is 11.0 Å². The molecule has 7 nitrogen and oxygen atoms in total. The van der Waals surface area contributed by atoms with Crippen molar-refractivity contribution in [3.8, 4) is 0 Å². The zero-order chi connectivity index (χ0) is 23.3. The van der Waals surface area contributed by atoms with Crippen molar-refractivity contribution in [1.82, 2.24) is 14.8 Å². The van der Waals surface area contributed by atoms with E-state index >= 15 is 0 Å². The molecule has 1 aliphatic heterocycles. The third-order valence-corrected chi connectivity index (χ3v) is 7.18. The first-order chi connectivity index (χ1) is 15.1. The van der Waals surface area contributed by atoms with Crippen molar-refractivity contribution < 1.29 is 19.8 Å². The second kappa shape index (κ2) is 8.05. The number of carboxylic acids is 1. The lowest BCUT2D eigenvalue weighted by molar-refractivity contribution is -0.166. The lowest BCUT2D eigenvalue weighted by Gasteiger charge is -2.54. The van der Waals surface area contributed by atoms with Gasteiger partial charge in [-0.1, -0.05) is 44.5 Å². The maximum Gasteiger partial charge on any atom is 0.408 e. The van der Waals surface area contributed by atoms with Crippen LogP contribution in [0.25, 0.3) is 0 Å². The maximum absolute atomic E-state index is 12.7. The predicted octanol–water partition coefficient (Wildman–Crippen LogP) is 4.09. The summed E-state index contributed by atoms with van der Waals surface area (Å²) in [5, 5.41) is 20.9. The first kappa shape index (κ1) is 22.6. The van der Waals surface area contributed by atoms with Gasteiger partial charge in [-0.3, -0.25) is 14.8 Å². The molecule has 2 aromatic rings. The molecule has 170 valence electrons. The number of pyridine rings is 1. The van der Waals surface area contributed by atoms with Crippen LogP contribution in [0.1, 0.15) is 49.2 Å². The molecular formula is C24H28ClN3O4. The first-order valence-corrected chi connectivity index (χ1v) is 11.1. The van der Waals surface area contributed by atoms with Crippen molar-refractivity contribution in [3.05, 3.63) is 63.9 Å². The number of carbonyl (C=O) groups is 2. The van der Waals surface area contributed by atoms with E-state index < -0.39 is 23.0 Å². The van der Waals surface area contributed by atoms with Gasteiger partial charge in [-0.05, 0) is 53.1 Å². The molecule has 32 heavy (non-hydrogen) atoms. The van der Waals surface area contributed by atoms with E-state index in [1.165, 1.54) is 0 Å². The summed E-state index contributed by atoms with van der Waals surface area (Å²) in [5.74, 6) is -1.14. The number of halogens is 1. The summed E-state index contributed by atoms with van der Waals surface area (Å²) in [6.07, 6.45) is 2.16. The van der Waals surface area contributed by atoms with E-state index in [0.29, 0.717) is 11.6 Å². The Kier molecular flexibility index (Phi) is 5.67. The monoisotopic (exact) mass is 457 g/mol. The molecule has 0 unspecified atom stereocenters. The summed E-state index contributed by atoms with van der Waals surface area (Å²) in [4.78, 5) is 32.7. The van der Waals surface area contributed by atoms with Gasteiger partial charge in [-0.25, -0.2) is 9.59 Å². The summed E-state index contributed by atoms with van der Waals surface area (Å²) in [6.45, 7) is 5.91. The summed E-state index contributed by atoms with van der Waals surface area (Å²) >= 11 is 6.30. The first-order valence-electron chi connectivity index (χ1n) is 10.8. The van der Waals surface area contributed by atoms with Crippen LogP contribution >= 0.6 is 11.6 Å². The second-order valence-corrected chi connectivity index (χ2v) is 10.0. The molecule has 0 bridgehead atoms. The molecule has 1 aromatic heterocycles. The molecular weight excluding hydrogens is 430 g/mol. The largest absolute Gasteiger partial charge is 0.479 e. The number of aromatic nitrogens is 1. The minimum atomic E-state index is -1.61. The highest BCUT2D eigenvalue weighted by molar-refractivity contribution is 6.30. The lowest BCUT2D eigenvalue weighted by Crippen LogP contribution is -2.73. The van der Waals surface area contributed by atoms with Crippen molar-refractivity contribution >= 4 is 23.7 Å². The molecule has 2 aliphatic rings. The predicted molar refractivity (Wildman–Crippen MR) is 121 cm³/mol. The molecule has 0 spiro atoms. The van der Waals surface area contributed by atoms with Crippen LogP contribution < -0.4 is 0 Å². The van der Waals surface area contributed by atoms with Crippen LogP contribution in [-0.4, -0.2) is 62.2 Å². The Labute approximate surface area is 192 Å². The fourth-order valence-corrected chi connectivity index (χ4v) is 5.45. The topological polar surface area (TPSA) is 94.0 Å². The average molecular weight is 458 g/mol. The van der Waals surface area contributed by atoms with Crippen LogP contribution in [0.2, 0.25) is 5.02 Å². The number of piperazine rings is 1. The smallest absolute Gasteiger partial charge is 0.408 e. The van der Waals surface area contributed by atoms with Gasteiger partial charge in [-0.2, -0.15) is 0 Å². The Balaban J connectivity index is 1.88. The summed E-state index contributed by atoms with van der Waals surface area (Å²) in [6, 6.07) is 9.51. The maximum atomic E-state index is 12.7. The van der Waals surface area contributed by atoms with Gasteiger partial charge in [0.2, 0.25) is 0 Å². The molecule has 0 radical (unpaired) electrons. The highest BCUT2D eigenvalue weighted by Crippen LogP contribution is 2.44. The molecule has 1 amide bonds. The molecule has 4 rings (SSSR count). The number of carboxylic acid groups (broad SMARTS) is 2. The lowest BCUT2D eigenvalue weighted by atomic mass is 9.70. The Bertz CT molecular complexity index is 1070. The molecule has 0 saturated carbocycles. The molecule has 8 heteroatoms. The van der Waals surface area contributed by atoms with E-state index in [-0.39, 0.29) is 19.1 Å². The van der Waals surface area contributed by atoms with E-state index in [1.807, 2.05) is 24.3 Å². The number of hydrogen-bond acceptors (Lipinski definition) is 4. The average Bonchev–Trinajstić information content (AvgIpc) is 2.88. The standard InChI is InChI=1S/C24H28ClN3O4/c1-23(2,3)24(21(29)30)14-27(11-12-28(24)22(31)32)20-18-9-8-17(25)13-16(18)7-6-15-5-4-10-26-19(15)20/h4-5,8-10,13,20H,6-7,11-12,14H2,1-3H3,(H,29,30)(H,31,32)/t20-,24+/m0/s1. The Morgan fingerprint density at radius 2 is 1.84 bits per heavy atom. The Hall–Kier alpha value is -2.64. The fourth-order valence-electron chi connectivity index (χ4n) is 5.26.